The number of nitrogens with one attached hydrogen (secondary N) is 1. The number of aromatic nitrogens is 2. The van der Waals surface area contributed by atoms with Crippen molar-refractivity contribution < 1.29 is 14.6 Å². The Labute approximate surface area is 207 Å². The molecular weight excluding hydrogens is 456 g/mol. The molecule has 0 atom stereocenters. The maximum atomic E-state index is 13.2. The van der Waals surface area contributed by atoms with Gasteiger partial charge in [0.15, 0.2) is 0 Å². The zero-order chi connectivity index (χ0) is 23.8. The van der Waals surface area contributed by atoms with Gasteiger partial charge >= 0.3 is 11.7 Å². The number of hydrogen-bond donors (Lipinski definition) is 2. The molecule has 34 heavy (non-hydrogen) atoms. The third kappa shape index (κ3) is 5.35. The fourth-order valence-electron chi connectivity index (χ4n) is 5.24. The topological polar surface area (TPSA) is 88.7 Å². The Balaban J connectivity index is 0.00000324. The van der Waals surface area contributed by atoms with Gasteiger partial charge in [-0.15, -0.1) is 12.4 Å². The number of β-amino-alcohol motifs (C(OH)–C–C–N with tert-alkyl or cyclic N) is 1. The number of nitrogens with zero attached hydrogens (tertiary/aromatic N) is 3. The molecule has 0 spiro atoms. The lowest BCUT2D eigenvalue weighted by molar-refractivity contribution is -0.0829. The summed E-state index contributed by atoms with van der Waals surface area (Å²) in [4.78, 5) is 28.6. The first-order valence-electron chi connectivity index (χ1n) is 12.2. The number of hydrogen-bond acceptors (Lipinski definition) is 5. The van der Waals surface area contributed by atoms with E-state index in [-0.39, 0.29) is 30.2 Å². The van der Waals surface area contributed by atoms with Crippen LogP contribution in [0.15, 0.2) is 16.9 Å². The number of aliphatic hydroxyl groups is 1. The van der Waals surface area contributed by atoms with E-state index < -0.39 is 5.60 Å². The maximum absolute atomic E-state index is 13.2. The predicted molar refractivity (Wildman–Crippen MR) is 136 cm³/mol. The number of imidazole rings is 1. The van der Waals surface area contributed by atoms with E-state index in [1.54, 1.807) is 4.57 Å². The number of likely N-dealkylation sites (tertiary alicyclic amines) is 1. The van der Waals surface area contributed by atoms with Crippen molar-refractivity contribution in [3.05, 3.63) is 33.7 Å². The second kappa shape index (κ2) is 10.8. The standard InChI is InChI=1S/C25H38N4O4.ClH/c1-17(2)28-22-19(4)18(3)5-6-21(22)29(24(28)31)23(30)26-15-20-7-11-27(12-8-20)16-25(32)9-13-33-14-10-25;/h5-6,17,20,32H,7-16H2,1-4H3,(H,26,30);1H. The third-order valence-corrected chi connectivity index (χ3v) is 7.47. The lowest BCUT2D eigenvalue weighted by Gasteiger charge is -2.39. The first-order valence-corrected chi connectivity index (χ1v) is 12.2. The number of amides is 1. The Morgan fingerprint density at radius 1 is 1.21 bits per heavy atom. The average Bonchev–Trinajstić information content (AvgIpc) is 3.08. The molecule has 4 rings (SSSR count). The number of aryl methyl sites for hydroxylation is 2. The highest BCUT2D eigenvalue weighted by Crippen LogP contribution is 2.26. The molecule has 0 radical (unpaired) electrons. The van der Waals surface area contributed by atoms with E-state index in [0.717, 1.165) is 42.6 Å². The molecule has 2 fully saturated rings. The maximum Gasteiger partial charge on any atom is 0.337 e. The molecule has 3 heterocycles. The monoisotopic (exact) mass is 494 g/mol. The van der Waals surface area contributed by atoms with Gasteiger partial charge in [-0.2, -0.15) is 0 Å². The Morgan fingerprint density at radius 2 is 1.85 bits per heavy atom. The minimum atomic E-state index is -0.637. The zero-order valence-electron chi connectivity index (χ0n) is 20.8. The fourth-order valence-corrected chi connectivity index (χ4v) is 5.24. The van der Waals surface area contributed by atoms with Crippen LogP contribution in [0.4, 0.5) is 4.79 Å². The molecule has 1 aromatic heterocycles. The first-order chi connectivity index (χ1) is 15.7. The van der Waals surface area contributed by atoms with Gasteiger partial charge in [0.25, 0.3) is 0 Å². The molecule has 0 aliphatic carbocycles. The summed E-state index contributed by atoms with van der Waals surface area (Å²) in [5, 5.41) is 13.8. The van der Waals surface area contributed by atoms with Gasteiger partial charge in [0.1, 0.15) is 0 Å². The van der Waals surface area contributed by atoms with Crippen LogP contribution in [0.25, 0.3) is 11.0 Å². The van der Waals surface area contributed by atoms with E-state index in [1.165, 1.54) is 4.57 Å². The van der Waals surface area contributed by atoms with Gasteiger partial charge in [-0.3, -0.25) is 4.57 Å². The quantitative estimate of drug-likeness (QED) is 0.666. The number of ether oxygens (including phenoxy) is 1. The van der Waals surface area contributed by atoms with Gasteiger partial charge in [0, 0.05) is 45.2 Å². The van der Waals surface area contributed by atoms with Crippen LogP contribution in [0.2, 0.25) is 0 Å². The van der Waals surface area contributed by atoms with Gasteiger partial charge in [-0.1, -0.05) is 6.07 Å². The lowest BCUT2D eigenvalue weighted by Crippen LogP contribution is -2.49. The minimum Gasteiger partial charge on any atom is -0.388 e. The van der Waals surface area contributed by atoms with E-state index >= 15 is 0 Å². The second-order valence-electron chi connectivity index (χ2n) is 10.2. The van der Waals surface area contributed by atoms with Gasteiger partial charge < -0.3 is 20.1 Å². The summed E-state index contributed by atoms with van der Waals surface area (Å²) in [5.74, 6) is 0.368. The van der Waals surface area contributed by atoms with Crippen molar-refractivity contribution in [1.82, 2.24) is 19.4 Å². The molecule has 190 valence electrons. The van der Waals surface area contributed by atoms with Crippen LogP contribution < -0.4 is 11.0 Å². The van der Waals surface area contributed by atoms with Crippen LogP contribution in [0.5, 0.6) is 0 Å². The Kier molecular flexibility index (Phi) is 8.50. The van der Waals surface area contributed by atoms with E-state index in [0.29, 0.717) is 50.6 Å². The number of carbonyl (C=O) groups excluding carboxylic acids is 1. The van der Waals surface area contributed by atoms with Crippen LogP contribution in [0.3, 0.4) is 0 Å². The molecular formula is C25H39ClN4O4. The van der Waals surface area contributed by atoms with E-state index in [9.17, 15) is 14.7 Å². The van der Waals surface area contributed by atoms with Crippen molar-refractivity contribution in [3.8, 4) is 0 Å². The summed E-state index contributed by atoms with van der Waals surface area (Å²) in [6.45, 7) is 12.3. The Bertz CT molecular complexity index is 1060. The van der Waals surface area contributed by atoms with Crippen LogP contribution in [0, 0.1) is 19.8 Å². The summed E-state index contributed by atoms with van der Waals surface area (Å²) in [6, 6.07) is 3.45. The van der Waals surface area contributed by atoms with Crippen molar-refractivity contribution in [3.63, 3.8) is 0 Å². The van der Waals surface area contributed by atoms with Crippen LogP contribution in [-0.2, 0) is 4.74 Å². The molecule has 2 saturated heterocycles. The predicted octanol–water partition coefficient (Wildman–Crippen LogP) is 3.23. The van der Waals surface area contributed by atoms with Crippen molar-refractivity contribution in [2.75, 3.05) is 39.4 Å². The Morgan fingerprint density at radius 3 is 2.47 bits per heavy atom. The molecule has 0 bridgehead atoms. The van der Waals surface area contributed by atoms with Crippen LogP contribution in [-0.4, -0.2) is 70.2 Å². The van der Waals surface area contributed by atoms with Gasteiger partial charge in [0.2, 0.25) is 0 Å². The van der Waals surface area contributed by atoms with Crippen LogP contribution >= 0.6 is 12.4 Å². The molecule has 1 amide bonds. The number of piperidine rings is 1. The minimum absolute atomic E-state index is 0. The summed E-state index contributed by atoms with van der Waals surface area (Å²) in [6.07, 6.45) is 3.32. The molecule has 0 unspecified atom stereocenters. The van der Waals surface area contributed by atoms with Crippen molar-refractivity contribution in [1.29, 1.82) is 0 Å². The van der Waals surface area contributed by atoms with Crippen LogP contribution in [0.1, 0.15) is 56.7 Å². The molecule has 2 aliphatic heterocycles. The average molecular weight is 495 g/mol. The first kappa shape index (κ1) is 26.7. The zero-order valence-corrected chi connectivity index (χ0v) is 21.6. The van der Waals surface area contributed by atoms with Crippen molar-refractivity contribution in [2.24, 2.45) is 5.92 Å². The summed E-state index contributed by atoms with van der Waals surface area (Å²) >= 11 is 0. The SMILES string of the molecule is Cc1ccc2c(c1C)n(C(C)C)c(=O)n2C(=O)NCC1CCN(CC2(O)CCOCC2)CC1.Cl. The summed E-state index contributed by atoms with van der Waals surface area (Å²) in [5.41, 5.74) is 2.71. The molecule has 9 heteroatoms. The molecule has 0 saturated carbocycles. The molecule has 2 aromatic rings. The van der Waals surface area contributed by atoms with Gasteiger partial charge in [-0.25, -0.2) is 14.2 Å². The second-order valence-corrected chi connectivity index (χ2v) is 10.2. The summed E-state index contributed by atoms with van der Waals surface area (Å²) in [7, 11) is 0. The van der Waals surface area contributed by atoms with Crippen molar-refractivity contribution >= 4 is 29.5 Å². The molecule has 8 nitrogen and oxygen atoms in total. The lowest BCUT2D eigenvalue weighted by atomic mass is 9.91. The number of halogens is 1. The van der Waals surface area contributed by atoms with E-state index in [4.69, 9.17) is 4.74 Å². The van der Waals surface area contributed by atoms with Gasteiger partial charge in [0.05, 0.1) is 16.6 Å². The molecule has 2 N–H and O–H groups in total. The highest BCUT2D eigenvalue weighted by atomic mass is 35.5. The number of benzene rings is 1. The largest absolute Gasteiger partial charge is 0.388 e. The van der Waals surface area contributed by atoms with Crippen molar-refractivity contribution in [2.45, 2.75) is 65.0 Å². The highest BCUT2D eigenvalue weighted by molar-refractivity contribution is 5.91. The highest BCUT2D eigenvalue weighted by Gasteiger charge is 2.33. The van der Waals surface area contributed by atoms with E-state index in [2.05, 4.69) is 10.2 Å². The smallest absolute Gasteiger partial charge is 0.337 e. The Hall–Kier alpha value is -1.87. The normalized spacial score (nSPS) is 19.4. The molecule has 1 aromatic carbocycles. The molecule has 2 aliphatic rings. The number of carbonyl (C=O) groups is 1. The van der Waals surface area contributed by atoms with E-state index in [1.807, 2.05) is 39.8 Å². The fraction of sp³-hybridized carbons (Fsp3) is 0.680. The van der Waals surface area contributed by atoms with Gasteiger partial charge in [-0.05, 0) is 76.7 Å². The summed E-state index contributed by atoms with van der Waals surface area (Å²) < 4.78 is 8.39. The number of fused-ring (bicyclic) bond motifs is 1. The third-order valence-electron chi connectivity index (χ3n) is 7.47. The number of rotatable bonds is 5.